The van der Waals surface area contributed by atoms with Crippen molar-refractivity contribution < 1.29 is 18.0 Å². The molecule has 0 spiro atoms. The Morgan fingerprint density at radius 1 is 1.37 bits per heavy atom. The molecule has 1 aliphatic rings. The van der Waals surface area contributed by atoms with Gasteiger partial charge in [-0.15, -0.1) is 0 Å². The van der Waals surface area contributed by atoms with Crippen molar-refractivity contribution >= 4 is 11.7 Å². The Kier molecular flexibility index (Phi) is 3.15. The fourth-order valence-corrected chi connectivity index (χ4v) is 1.82. The Morgan fingerprint density at radius 2 is 2.00 bits per heavy atom. The smallest absolute Gasteiger partial charge is 0.373 e. The molecule has 0 aliphatic heterocycles. The van der Waals surface area contributed by atoms with Gasteiger partial charge in [0.1, 0.15) is 11.4 Å². The number of carbonyl (C=O) groups excluding carboxylic acids is 1. The van der Waals surface area contributed by atoms with Gasteiger partial charge in [-0.2, -0.15) is 13.2 Å². The van der Waals surface area contributed by atoms with Crippen LogP contribution in [0.1, 0.15) is 28.9 Å². The van der Waals surface area contributed by atoms with Gasteiger partial charge in [-0.3, -0.25) is 4.79 Å². The van der Waals surface area contributed by atoms with E-state index in [-0.39, 0.29) is 18.4 Å². The van der Waals surface area contributed by atoms with Crippen LogP contribution in [-0.2, 0) is 0 Å². The van der Waals surface area contributed by atoms with Crippen LogP contribution in [-0.4, -0.2) is 29.7 Å². The molecule has 1 fully saturated rings. The highest BCUT2D eigenvalue weighted by Gasteiger charge is 2.64. The number of hydrogen-bond donors (Lipinski definition) is 2. The van der Waals surface area contributed by atoms with Crippen molar-refractivity contribution in [1.29, 1.82) is 0 Å². The molecular formula is C12H14F3N3O. The van der Waals surface area contributed by atoms with E-state index in [2.05, 4.69) is 15.6 Å². The molecule has 0 saturated heterocycles. The Bertz CT molecular complexity index is 509. The van der Waals surface area contributed by atoms with E-state index in [9.17, 15) is 18.0 Å². The van der Waals surface area contributed by atoms with Crippen LogP contribution < -0.4 is 10.6 Å². The van der Waals surface area contributed by atoms with Crippen molar-refractivity contribution in [1.82, 2.24) is 10.3 Å². The molecule has 104 valence electrons. The lowest BCUT2D eigenvalue weighted by Crippen LogP contribution is -2.47. The van der Waals surface area contributed by atoms with Gasteiger partial charge >= 0.3 is 6.18 Å². The van der Waals surface area contributed by atoms with E-state index < -0.39 is 17.6 Å². The van der Waals surface area contributed by atoms with Gasteiger partial charge in [0.05, 0.1) is 0 Å². The number of amides is 1. The van der Waals surface area contributed by atoms with Crippen LogP contribution in [0.15, 0.2) is 12.1 Å². The molecule has 0 radical (unpaired) electrons. The van der Waals surface area contributed by atoms with E-state index in [1.165, 1.54) is 12.1 Å². The van der Waals surface area contributed by atoms with Crippen molar-refractivity contribution in [3.05, 3.63) is 23.4 Å². The second-order valence-corrected chi connectivity index (χ2v) is 4.67. The number of anilines is 1. The third-order valence-corrected chi connectivity index (χ3v) is 3.12. The van der Waals surface area contributed by atoms with Crippen LogP contribution >= 0.6 is 0 Å². The lowest BCUT2D eigenvalue weighted by Gasteiger charge is -2.20. The Balaban J connectivity index is 2.19. The monoisotopic (exact) mass is 273 g/mol. The summed E-state index contributed by atoms with van der Waals surface area (Å²) in [5.74, 6) is -0.279. The zero-order valence-corrected chi connectivity index (χ0v) is 10.6. The van der Waals surface area contributed by atoms with Crippen LogP contribution in [0.5, 0.6) is 0 Å². The average Bonchev–Trinajstić information content (AvgIpc) is 3.08. The standard InChI is InChI=1S/C12H14F3N3O/c1-7-5-8(6-9(16-2)17-7)10(19)18-11(3-4-11)12(13,14)15/h5-6H,3-4H2,1-2H3,(H,16,17)(H,18,19). The van der Waals surface area contributed by atoms with Crippen molar-refractivity contribution in [2.24, 2.45) is 0 Å². The summed E-state index contributed by atoms with van der Waals surface area (Å²) in [5.41, 5.74) is -1.30. The predicted octanol–water partition coefficient (Wildman–Crippen LogP) is 2.26. The molecule has 2 N–H and O–H groups in total. The van der Waals surface area contributed by atoms with Crippen molar-refractivity contribution in [2.75, 3.05) is 12.4 Å². The predicted molar refractivity (Wildman–Crippen MR) is 64.0 cm³/mol. The van der Waals surface area contributed by atoms with E-state index in [1.807, 2.05) is 0 Å². The van der Waals surface area contributed by atoms with Crippen molar-refractivity contribution in [2.45, 2.75) is 31.5 Å². The lowest BCUT2D eigenvalue weighted by molar-refractivity contribution is -0.163. The summed E-state index contributed by atoms with van der Waals surface area (Å²) < 4.78 is 38.3. The van der Waals surface area contributed by atoms with E-state index in [0.717, 1.165) is 0 Å². The van der Waals surface area contributed by atoms with Crippen LogP contribution in [0.25, 0.3) is 0 Å². The highest BCUT2D eigenvalue weighted by molar-refractivity contribution is 5.95. The molecular weight excluding hydrogens is 259 g/mol. The molecule has 1 heterocycles. The number of carbonyl (C=O) groups is 1. The molecule has 2 rings (SSSR count). The Morgan fingerprint density at radius 3 is 2.47 bits per heavy atom. The highest BCUT2D eigenvalue weighted by atomic mass is 19.4. The minimum atomic E-state index is -4.41. The first kappa shape index (κ1) is 13.6. The van der Waals surface area contributed by atoms with E-state index >= 15 is 0 Å². The van der Waals surface area contributed by atoms with Crippen LogP contribution in [0.2, 0.25) is 0 Å². The largest absolute Gasteiger partial charge is 0.411 e. The van der Waals surface area contributed by atoms with E-state index in [1.54, 1.807) is 14.0 Å². The fourth-order valence-electron chi connectivity index (χ4n) is 1.82. The molecule has 0 aromatic carbocycles. The molecule has 1 aromatic heterocycles. The number of hydrogen-bond acceptors (Lipinski definition) is 3. The molecule has 19 heavy (non-hydrogen) atoms. The van der Waals surface area contributed by atoms with Crippen LogP contribution in [0.3, 0.4) is 0 Å². The molecule has 7 heteroatoms. The first-order valence-electron chi connectivity index (χ1n) is 5.83. The minimum absolute atomic E-state index is 0.0643. The summed E-state index contributed by atoms with van der Waals surface area (Å²) in [5, 5.41) is 4.84. The summed E-state index contributed by atoms with van der Waals surface area (Å²) in [6.45, 7) is 1.67. The first-order chi connectivity index (χ1) is 8.77. The number of alkyl halides is 3. The average molecular weight is 273 g/mol. The third-order valence-electron chi connectivity index (χ3n) is 3.12. The van der Waals surface area contributed by atoms with Crippen LogP contribution in [0, 0.1) is 6.92 Å². The summed E-state index contributed by atoms with van der Waals surface area (Å²) in [6.07, 6.45) is -4.53. The lowest BCUT2D eigenvalue weighted by atomic mass is 10.1. The fraction of sp³-hybridized carbons (Fsp3) is 0.500. The molecule has 1 saturated carbocycles. The molecule has 0 unspecified atom stereocenters. The van der Waals surface area contributed by atoms with Gasteiger partial charge in [0, 0.05) is 18.3 Å². The maximum absolute atomic E-state index is 12.8. The Hall–Kier alpha value is -1.79. The maximum Gasteiger partial charge on any atom is 0.411 e. The minimum Gasteiger partial charge on any atom is -0.373 e. The zero-order valence-electron chi connectivity index (χ0n) is 10.6. The Labute approximate surface area is 108 Å². The second kappa shape index (κ2) is 4.40. The van der Waals surface area contributed by atoms with Gasteiger partial charge in [-0.1, -0.05) is 0 Å². The van der Waals surface area contributed by atoms with Gasteiger partial charge < -0.3 is 10.6 Å². The summed E-state index contributed by atoms with van der Waals surface area (Å²) in [7, 11) is 1.63. The number of nitrogens with one attached hydrogen (secondary N) is 2. The molecule has 1 aliphatic carbocycles. The van der Waals surface area contributed by atoms with Gasteiger partial charge in [-0.25, -0.2) is 4.98 Å². The molecule has 0 atom stereocenters. The number of aryl methyl sites for hydroxylation is 1. The highest BCUT2D eigenvalue weighted by Crippen LogP contribution is 2.49. The number of pyridine rings is 1. The van der Waals surface area contributed by atoms with Gasteiger partial charge in [0.15, 0.2) is 0 Å². The SMILES string of the molecule is CNc1cc(C(=O)NC2(C(F)(F)F)CC2)cc(C)n1. The van der Waals surface area contributed by atoms with E-state index in [0.29, 0.717) is 11.5 Å². The third kappa shape index (κ3) is 2.64. The van der Waals surface area contributed by atoms with E-state index in [4.69, 9.17) is 0 Å². The molecule has 1 amide bonds. The first-order valence-corrected chi connectivity index (χ1v) is 5.83. The summed E-state index contributed by atoms with van der Waals surface area (Å²) >= 11 is 0. The summed E-state index contributed by atoms with van der Waals surface area (Å²) in [6, 6.07) is 2.89. The van der Waals surface area contributed by atoms with Crippen molar-refractivity contribution in [3.63, 3.8) is 0 Å². The van der Waals surface area contributed by atoms with Gasteiger partial charge in [0.2, 0.25) is 0 Å². The molecule has 0 bridgehead atoms. The second-order valence-electron chi connectivity index (χ2n) is 4.67. The molecule has 4 nitrogen and oxygen atoms in total. The number of nitrogens with zero attached hydrogens (tertiary/aromatic N) is 1. The number of halogens is 3. The summed E-state index contributed by atoms with van der Waals surface area (Å²) in [4.78, 5) is 16.0. The van der Waals surface area contributed by atoms with Gasteiger partial charge in [0.25, 0.3) is 5.91 Å². The number of aromatic nitrogens is 1. The normalized spacial score (nSPS) is 16.9. The van der Waals surface area contributed by atoms with Gasteiger partial charge in [-0.05, 0) is 31.9 Å². The quantitative estimate of drug-likeness (QED) is 0.888. The van der Waals surface area contributed by atoms with Crippen LogP contribution in [0.4, 0.5) is 19.0 Å². The number of rotatable bonds is 3. The topological polar surface area (TPSA) is 54.0 Å². The van der Waals surface area contributed by atoms with Crippen molar-refractivity contribution in [3.8, 4) is 0 Å². The maximum atomic E-state index is 12.8. The zero-order chi connectivity index (χ0) is 14.3. The molecule has 1 aromatic rings.